The highest BCUT2D eigenvalue weighted by Gasteiger charge is 2.31. The fourth-order valence-corrected chi connectivity index (χ4v) is 4.30. The zero-order valence-corrected chi connectivity index (χ0v) is 14.9. The van der Waals surface area contributed by atoms with Gasteiger partial charge in [0.2, 0.25) is 0 Å². The zero-order chi connectivity index (χ0) is 15.6. The summed E-state index contributed by atoms with van der Waals surface area (Å²) in [4.78, 5) is 0. The molecule has 0 aliphatic carbocycles. The first-order chi connectivity index (χ1) is 8.99. The molecule has 1 saturated heterocycles. The number of rotatable bonds is 0. The first-order valence-corrected chi connectivity index (χ1v) is 8.30. The van der Waals surface area contributed by atoms with Crippen molar-refractivity contribution in [3.63, 3.8) is 0 Å². The van der Waals surface area contributed by atoms with Gasteiger partial charge >= 0.3 is 0 Å². The third-order valence-corrected chi connectivity index (χ3v) is 4.15. The molecule has 0 aromatic heterocycles. The minimum Gasteiger partial charge on any atom is -0.312 e. The van der Waals surface area contributed by atoms with Crippen molar-refractivity contribution in [2.45, 2.75) is 110 Å². The van der Waals surface area contributed by atoms with Crippen molar-refractivity contribution in [1.82, 2.24) is 16.0 Å². The van der Waals surface area contributed by atoms with E-state index in [-0.39, 0.29) is 11.1 Å². The van der Waals surface area contributed by atoms with Gasteiger partial charge in [-0.25, -0.2) is 0 Å². The Balaban J connectivity index is 2.83. The lowest BCUT2D eigenvalue weighted by Crippen LogP contribution is -2.57. The van der Waals surface area contributed by atoms with E-state index in [4.69, 9.17) is 0 Å². The van der Waals surface area contributed by atoms with E-state index in [0.717, 1.165) is 12.8 Å². The highest BCUT2D eigenvalue weighted by Crippen LogP contribution is 2.21. The topological polar surface area (TPSA) is 36.1 Å². The van der Waals surface area contributed by atoms with Crippen LogP contribution >= 0.6 is 0 Å². The molecule has 1 aliphatic heterocycles. The minimum absolute atomic E-state index is 0.153. The summed E-state index contributed by atoms with van der Waals surface area (Å²) in [6, 6.07) is 2.19. The molecule has 0 amide bonds. The van der Waals surface area contributed by atoms with Crippen LogP contribution in [0.3, 0.4) is 0 Å². The van der Waals surface area contributed by atoms with Crippen molar-refractivity contribution < 1.29 is 0 Å². The second-order valence-corrected chi connectivity index (χ2v) is 8.47. The van der Waals surface area contributed by atoms with Crippen molar-refractivity contribution in [2.75, 3.05) is 0 Å². The van der Waals surface area contributed by atoms with Crippen molar-refractivity contribution in [2.24, 2.45) is 0 Å². The quantitative estimate of drug-likeness (QED) is 0.639. The van der Waals surface area contributed by atoms with Crippen LogP contribution in [0.25, 0.3) is 0 Å². The maximum atomic E-state index is 3.86. The second-order valence-electron chi connectivity index (χ2n) is 8.47. The predicted molar refractivity (Wildman–Crippen MR) is 89.3 cm³/mol. The molecular formula is C17H37N3. The van der Waals surface area contributed by atoms with Crippen LogP contribution in [0.4, 0.5) is 0 Å². The summed E-state index contributed by atoms with van der Waals surface area (Å²) < 4.78 is 0. The lowest BCUT2D eigenvalue weighted by Gasteiger charge is -2.42. The van der Waals surface area contributed by atoms with E-state index in [1.54, 1.807) is 0 Å². The fraction of sp³-hybridized carbons (Fsp3) is 1.00. The third kappa shape index (κ3) is 6.55. The molecule has 3 nitrogen and oxygen atoms in total. The van der Waals surface area contributed by atoms with E-state index >= 15 is 0 Å². The largest absolute Gasteiger partial charge is 0.312 e. The zero-order valence-electron chi connectivity index (χ0n) is 14.9. The molecule has 4 unspecified atom stereocenters. The van der Waals surface area contributed by atoms with E-state index in [9.17, 15) is 0 Å². The summed E-state index contributed by atoms with van der Waals surface area (Å²) in [6.45, 7) is 18.5. The van der Waals surface area contributed by atoms with Crippen LogP contribution in [0.1, 0.15) is 74.7 Å². The normalized spacial score (nSPS) is 39.6. The third-order valence-electron chi connectivity index (χ3n) is 4.15. The highest BCUT2D eigenvalue weighted by atomic mass is 15.1. The summed E-state index contributed by atoms with van der Waals surface area (Å²) in [7, 11) is 0. The second kappa shape index (κ2) is 6.76. The Hall–Kier alpha value is -0.120. The molecule has 4 atom stereocenters. The molecule has 20 heavy (non-hydrogen) atoms. The van der Waals surface area contributed by atoms with Crippen LogP contribution in [-0.4, -0.2) is 35.2 Å². The van der Waals surface area contributed by atoms with Crippen LogP contribution in [0.5, 0.6) is 0 Å². The number of nitrogens with one attached hydrogen (secondary N) is 3. The molecule has 3 N–H and O–H groups in total. The van der Waals surface area contributed by atoms with Gasteiger partial charge in [0, 0.05) is 35.2 Å². The van der Waals surface area contributed by atoms with Crippen LogP contribution in [-0.2, 0) is 0 Å². The summed E-state index contributed by atoms with van der Waals surface area (Å²) >= 11 is 0. The van der Waals surface area contributed by atoms with E-state index in [1.807, 2.05) is 0 Å². The molecule has 0 radical (unpaired) electrons. The van der Waals surface area contributed by atoms with Crippen LogP contribution in [0.2, 0.25) is 0 Å². The molecule has 3 heteroatoms. The van der Waals surface area contributed by atoms with Gasteiger partial charge < -0.3 is 16.0 Å². The van der Waals surface area contributed by atoms with Crippen LogP contribution < -0.4 is 16.0 Å². The van der Waals surface area contributed by atoms with Crippen molar-refractivity contribution in [3.8, 4) is 0 Å². The van der Waals surface area contributed by atoms with Gasteiger partial charge in [-0.1, -0.05) is 0 Å². The van der Waals surface area contributed by atoms with Crippen molar-refractivity contribution >= 4 is 0 Å². The van der Waals surface area contributed by atoms with Gasteiger partial charge in [0.05, 0.1) is 0 Å². The Morgan fingerprint density at radius 1 is 0.650 bits per heavy atom. The van der Waals surface area contributed by atoms with Gasteiger partial charge in [0.15, 0.2) is 0 Å². The predicted octanol–water partition coefficient (Wildman–Crippen LogP) is 3.05. The SMILES string of the molecule is CC1CC(C)NC(C)CC(C)(C)NC(C)(C)CC(C)N1. The highest BCUT2D eigenvalue weighted by molar-refractivity contribution is 4.93. The molecule has 1 heterocycles. The molecule has 1 aliphatic rings. The molecule has 1 fully saturated rings. The number of hydrogen-bond donors (Lipinski definition) is 3. The molecule has 0 saturated carbocycles. The van der Waals surface area contributed by atoms with Gasteiger partial charge in [0.25, 0.3) is 0 Å². The maximum absolute atomic E-state index is 3.86. The Kier molecular flexibility index (Phi) is 6.06. The lowest BCUT2D eigenvalue weighted by atomic mass is 9.87. The maximum Gasteiger partial charge on any atom is 0.0144 e. The Morgan fingerprint density at radius 3 is 1.35 bits per heavy atom. The van der Waals surface area contributed by atoms with Gasteiger partial charge in [-0.15, -0.1) is 0 Å². The Morgan fingerprint density at radius 2 is 1.00 bits per heavy atom. The molecule has 0 spiro atoms. The van der Waals surface area contributed by atoms with E-state index in [2.05, 4.69) is 71.3 Å². The minimum atomic E-state index is 0.153. The Bertz CT molecular complexity index is 271. The van der Waals surface area contributed by atoms with Gasteiger partial charge in [0.1, 0.15) is 0 Å². The van der Waals surface area contributed by atoms with E-state index in [0.29, 0.717) is 24.2 Å². The first-order valence-electron chi connectivity index (χ1n) is 8.30. The molecule has 0 bridgehead atoms. The monoisotopic (exact) mass is 283 g/mol. The molecule has 0 aromatic carbocycles. The average Bonchev–Trinajstić information content (AvgIpc) is 2.08. The van der Waals surface area contributed by atoms with E-state index in [1.165, 1.54) is 6.42 Å². The standard InChI is InChI=1S/C17H37N3/c1-12-9-13(2)19-15(4)11-17(7,8)20-16(5,6)10-14(3)18-12/h12-15,18-20H,9-11H2,1-8H3. The average molecular weight is 284 g/mol. The molecule has 1 rings (SSSR count). The smallest absolute Gasteiger partial charge is 0.0144 e. The first kappa shape index (κ1) is 17.9. The van der Waals surface area contributed by atoms with Gasteiger partial charge in [-0.05, 0) is 74.7 Å². The Labute approximate surface area is 126 Å². The summed E-state index contributed by atoms with van der Waals surface area (Å²) in [5, 5.41) is 11.4. The molecule has 120 valence electrons. The van der Waals surface area contributed by atoms with Crippen molar-refractivity contribution in [1.29, 1.82) is 0 Å². The summed E-state index contributed by atoms with van der Waals surface area (Å²) in [5.74, 6) is 0. The van der Waals surface area contributed by atoms with Crippen molar-refractivity contribution in [3.05, 3.63) is 0 Å². The van der Waals surface area contributed by atoms with Crippen LogP contribution in [0, 0.1) is 0 Å². The fourth-order valence-electron chi connectivity index (χ4n) is 4.30. The van der Waals surface area contributed by atoms with E-state index < -0.39 is 0 Å². The lowest BCUT2D eigenvalue weighted by molar-refractivity contribution is 0.195. The van der Waals surface area contributed by atoms with Gasteiger partial charge in [-0.2, -0.15) is 0 Å². The summed E-state index contributed by atoms with van der Waals surface area (Å²) in [6.07, 6.45) is 3.48. The number of hydrogen-bond acceptors (Lipinski definition) is 3. The molecule has 0 aromatic rings. The van der Waals surface area contributed by atoms with Gasteiger partial charge in [-0.3, -0.25) is 0 Å². The summed E-state index contributed by atoms with van der Waals surface area (Å²) in [5.41, 5.74) is 0.306. The van der Waals surface area contributed by atoms with Crippen LogP contribution in [0.15, 0.2) is 0 Å². The molecular weight excluding hydrogens is 246 g/mol.